The van der Waals surface area contributed by atoms with Crippen LogP contribution in [0.15, 0.2) is 41.2 Å². The van der Waals surface area contributed by atoms with Crippen LogP contribution in [0, 0.1) is 18.6 Å². The summed E-state index contributed by atoms with van der Waals surface area (Å²) in [5.41, 5.74) is 6.62. The van der Waals surface area contributed by atoms with Gasteiger partial charge in [0, 0.05) is 6.07 Å². The monoisotopic (exact) mass is 287 g/mol. The third kappa shape index (κ3) is 2.24. The molecule has 1 aromatic heterocycles. The van der Waals surface area contributed by atoms with Gasteiger partial charge in [-0.1, -0.05) is 11.6 Å². The minimum absolute atomic E-state index is 0.00547. The van der Waals surface area contributed by atoms with E-state index >= 15 is 0 Å². The third-order valence-electron chi connectivity index (χ3n) is 3.16. The van der Waals surface area contributed by atoms with Crippen LogP contribution in [-0.4, -0.2) is 9.55 Å². The Morgan fingerprint density at radius 1 is 1.10 bits per heavy atom. The molecule has 4 nitrogen and oxygen atoms in total. The van der Waals surface area contributed by atoms with Gasteiger partial charge in [0.05, 0.1) is 16.6 Å². The van der Waals surface area contributed by atoms with E-state index in [4.69, 9.17) is 5.73 Å². The van der Waals surface area contributed by atoms with Crippen molar-refractivity contribution in [2.45, 2.75) is 6.92 Å². The molecule has 0 saturated carbocycles. The Morgan fingerprint density at radius 2 is 1.76 bits per heavy atom. The lowest BCUT2D eigenvalue weighted by molar-refractivity contribution is 0.581. The molecule has 0 spiro atoms. The number of hydrogen-bond donors (Lipinski definition) is 1. The fourth-order valence-electron chi connectivity index (χ4n) is 2.23. The maximum atomic E-state index is 13.3. The zero-order valence-electron chi connectivity index (χ0n) is 11.1. The Balaban J connectivity index is 2.39. The van der Waals surface area contributed by atoms with E-state index in [0.717, 1.165) is 28.3 Å². The molecule has 2 N–H and O–H groups in total. The van der Waals surface area contributed by atoms with Gasteiger partial charge in [-0.2, -0.15) is 0 Å². The molecule has 21 heavy (non-hydrogen) atoms. The van der Waals surface area contributed by atoms with Crippen molar-refractivity contribution in [3.63, 3.8) is 0 Å². The predicted octanol–water partition coefficient (Wildman–Crippen LogP) is 2.55. The topological polar surface area (TPSA) is 60.9 Å². The van der Waals surface area contributed by atoms with Crippen LogP contribution in [0.1, 0.15) is 5.56 Å². The molecule has 0 radical (unpaired) electrons. The molecular weight excluding hydrogens is 276 g/mol. The van der Waals surface area contributed by atoms with Crippen LogP contribution in [0.2, 0.25) is 0 Å². The molecule has 0 bridgehead atoms. The van der Waals surface area contributed by atoms with E-state index < -0.39 is 17.2 Å². The number of aromatic nitrogens is 2. The minimum Gasteiger partial charge on any atom is -0.369 e. The summed E-state index contributed by atoms with van der Waals surface area (Å²) in [4.78, 5) is 16.6. The van der Waals surface area contributed by atoms with Gasteiger partial charge in [-0.15, -0.1) is 0 Å². The van der Waals surface area contributed by atoms with Crippen molar-refractivity contribution in [2.24, 2.45) is 0 Å². The van der Waals surface area contributed by atoms with Gasteiger partial charge in [0.2, 0.25) is 5.95 Å². The average Bonchev–Trinajstić information content (AvgIpc) is 2.39. The number of benzene rings is 2. The summed E-state index contributed by atoms with van der Waals surface area (Å²) in [6, 6.07) is 7.94. The summed E-state index contributed by atoms with van der Waals surface area (Å²) in [5.74, 6) is -1.71. The van der Waals surface area contributed by atoms with Crippen LogP contribution < -0.4 is 11.3 Å². The smallest absolute Gasteiger partial charge is 0.267 e. The quantitative estimate of drug-likeness (QED) is 0.748. The molecule has 0 aliphatic carbocycles. The second-order valence-corrected chi connectivity index (χ2v) is 4.76. The van der Waals surface area contributed by atoms with E-state index in [9.17, 15) is 13.6 Å². The van der Waals surface area contributed by atoms with Gasteiger partial charge in [-0.3, -0.25) is 4.79 Å². The molecule has 0 aliphatic rings. The van der Waals surface area contributed by atoms with Crippen molar-refractivity contribution in [1.82, 2.24) is 9.55 Å². The summed E-state index contributed by atoms with van der Waals surface area (Å²) >= 11 is 0. The number of hydrogen-bond acceptors (Lipinski definition) is 3. The first-order valence-corrected chi connectivity index (χ1v) is 6.21. The standard InChI is InChI=1S/C15H11F2N3O/c1-8-2-3-13-12(4-8)14(21)20(15(18)19-13)11-6-9(16)5-10(17)7-11/h2-7H,1H3,(H2,18,19). The van der Waals surface area contributed by atoms with Gasteiger partial charge >= 0.3 is 0 Å². The van der Waals surface area contributed by atoms with Crippen LogP contribution in [0.25, 0.3) is 16.6 Å². The van der Waals surface area contributed by atoms with Crippen molar-refractivity contribution in [1.29, 1.82) is 0 Å². The molecule has 0 saturated heterocycles. The summed E-state index contributed by atoms with van der Waals surface area (Å²) in [5, 5.41) is 0.342. The van der Waals surface area contributed by atoms with Gasteiger partial charge < -0.3 is 5.73 Å². The lowest BCUT2D eigenvalue weighted by Crippen LogP contribution is -2.23. The van der Waals surface area contributed by atoms with Crippen LogP contribution in [-0.2, 0) is 0 Å². The summed E-state index contributed by atoms with van der Waals surface area (Å²) in [6.45, 7) is 1.83. The number of nitrogens with two attached hydrogens (primary N) is 1. The molecule has 2 aromatic carbocycles. The van der Waals surface area contributed by atoms with E-state index in [2.05, 4.69) is 4.98 Å². The number of rotatable bonds is 1. The largest absolute Gasteiger partial charge is 0.369 e. The highest BCUT2D eigenvalue weighted by molar-refractivity contribution is 5.79. The molecule has 0 fully saturated rings. The number of halogens is 2. The van der Waals surface area contributed by atoms with Crippen molar-refractivity contribution in [3.05, 3.63) is 63.9 Å². The first-order chi connectivity index (χ1) is 9.95. The molecule has 0 aliphatic heterocycles. The third-order valence-corrected chi connectivity index (χ3v) is 3.16. The Bertz CT molecular complexity index is 898. The maximum Gasteiger partial charge on any atom is 0.267 e. The number of nitrogen functional groups attached to an aromatic ring is 1. The first-order valence-electron chi connectivity index (χ1n) is 6.21. The zero-order valence-corrected chi connectivity index (χ0v) is 11.1. The number of aryl methyl sites for hydroxylation is 1. The molecule has 0 unspecified atom stereocenters. The molecule has 106 valence electrons. The lowest BCUT2D eigenvalue weighted by atomic mass is 10.1. The van der Waals surface area contributed by atoms with E-state index in [0.29, 0.717) is 10.9 Å². The van der Waals surface area contributed by atoms with Gasteiger partial charge in [0.1, 0.15) is 11.6 Å². The number of anilines is 1. The van der Waals surface area contributed by atoms with Crippen LogP contribution in [0.4, 0.5) is 14.7 Å². The molecule has 0 amide bonds. The maximum absolute atomic E-state index is 13.3. The molecule has 3 aromatic rings. The minimum atomic E-state index is -0.791. The fourth-order valence-corrected chi connectivity index (χ4v) is 2.23. The highest BCUT2D eigenvalue weighted by atomic mass is 19.1. The molecular formula is C15H11F2N3O. The molecule has 3 rings (SSSR count). The van der Waals surface area contributed by atoms with E-state index in [1.54, 1.807) is 18.2 Å². The van der Waals surface area contributed by atoms with Crippen LogP contribution >= 0.6 is 0 Å². The van der Waals surface area contributed by atoms with E-state index in [1.165, 1.54) is 0 Å². The summed E-state index contributed by atoms with van der Waals surface area (Å²) < 4.78 is 27.7. The summed E-state index contributed by atoms with van der Waals surface area (Å²) in [6.07, 6.45) is 0. The van der Waals surface area contributed by atoms with Crippen molar-refractivity contribution < 1.29 is 8.78 Å². The highest BCUT2D eigenvalue weighted by Crippen LogP contribution is 2.17. The Labute approximate surface area is 118 Å². The molecule has 0 atom stereocenters. The van der Waals surface area contributed by atoms with Crippen LogP contribution in [0.5, 0.6) is 0 Å². The Hall–Kier alpha value is -2.76. The van der Waals surface area contributed by atoms with Crippen molar-refractivity contribution in [3.8, 4) is 5.69 Å². The van der Waals surface area contributed by atoms with Crippen LogP contribution in [0.3, 0.4) is 0 Å². The normalized spacial score (nSPS) is 11.0. The number of nitrogens with zero attached hydrogens (tertiary/aromatic N) is 2. The number of fused-ring (bicyclic) bond motifs is 1. The van der Waals surface area contributed by atoms with E-state index in [1.807, 2.05) is 6.92 Å². The van der Waals surface area contributed by atoms with Crippen molar-refractivity contribution >= 4 is 16.9 Å². The van der Waals surface area contributed by atoms with E-state index in [-0.39, 0.29) is 11.6 Å². The fraction of sp³-hybridized carbons (Fsp3) is 0.0667. The Morgan fingerprint density at radius 3 is 2.43 bits per heavy atom. The summed E-state index contributed by atoms with van der Waals surface area (Å²) in [7, 11) is 0. The van der Waals surface area contributed by atoms with Gasteiger partial charge in [-0.25, -0.2) is 18.3 Å². The lowest BCUT2D eigenvalue weighted by Gasteiger charge is -2.11. The zero-order chi connectivity index (χ0) is 15.1. The highest BCUT2D eigenvalue weighted by Gasteiger charge is 2.12. The molecule has 6 heteroatoms. The van der Waals surface area contributed by atoms with Gasteiger partial charge in [0.15, 0.2) is 0 Å². The first kappa shape index (κ1) is 13.2. The SMILES string of the molecule is Cc1ccc2nc(N)n(-c3cc(F)cc(F)c3)c(=O)c2c1. The second kappa shape index (κ2) is 4.66. The average molecular weight is 287 g/mol. The van der Waals surface area contributed by atoms with Gasteiger partial charge in [-0.05, 0) is 31.2 Å². The van der Waals surface area contributed by atoms with Gasteiger partial charge in [0.25, 0.3) is 5.56 Å². The molecule has 1 heterocycles. The predicted molar refractivity (Wildman–Crippen MR) is 76.4 cm³/mol. The van der Waals surface area contributed by atoms with Crippen molar-refractivity contribution in [2.75, 3.05) is 5.73 Å². The Kier molecular flexibility index (Phi) is 2.94. The second-order valence-electron chi connectivity index (χ2n) is 4.76.